The molecule has 2 fully saturated rings. The maximum atomic E-state index is 12.6. The highest BCUT2D eigenvalue weighted by Crippen LogP contribution is 2.38. The van der Waals surface area contributed by atoms with E-state index in [9.17, 15) is 9.59 Å². The molecule has 5 nitrogen and oxygen atoms in total. The number of H-pyrrole nitrogens is 1. The molecule has 1 saturated heterocycles. The summed E-state index contributed by atoms with van der Waals surface area (Å²) < 4.78 is 5.53. The number of aromatic nitrogens is 1. The Kier molecular flexibility index (Phi) is 5.27. The summed E-state index contributed by atoms with van der Waals surface area (Å²) in [4.78, 5) is 27.2. The topological polar surface area (TPSA) is 71.2 Å². The van der Waals surface area contributed by atoms with E-state index in [4.69, 9.17) is 16.3 Å². The lowest BCUT2D eigenvalue weighted by molar-refractivity contribution is -0.119. The molecule has 2 aliphatic rings. The first-order valence-electron chi connectivity index (χ1n) is 9.72. The quantitative estimate of drug-likeness (QED) is 0.772. The van der Waals surface area contributed by atoms with E-state index in [1.807, 2.05) is 43.3 Å². The van der Waals surface area contributed by atoms with Crippen molar-refractivity contribution in [3.05, 3.63) is 68.6 Å². The zero-order chi connectivity index (χ0) is 19.7. The van der Waals surface area contributed by atoms with E-state index in [2.05, 4.69) is 10.3 Å². The molecule has 1 atom stereocenters. The molecule has 2 aromatic rings. The summed E-state index contributed by atoms with van der Waals surface area (Å²) in [6.45, 7) is 2.44. The van der Waals surface area contributed by atoms with Gasteiger partial charge in [-0.25, -0.2) is 0 Å². The van der Waals surface area contributed by atoms with Crippen molar-refractivity contribution in [1.29, 1.82) is 0 Å². The molecule has 2 heterocycles. The third kappa shape index (κ3) is 3.99. The van der Waals surface area contributed by atoms with Crippen LogP contribution in [-0.2, 0) is 4.79 Å². The Morgan fingerprint density at radius 3 is 2.64 bits per heavy atom. The first kappa shape index (κ1) is 18.8. The first-order valence-corrected chi connectivity index (χ1v) is 10.1. The fourth-order valence-corrected chi connectivity index (χ4v) is 3.84. The van der Waals surface area contributed by atoms with Gasteiger partial charge >= 0.3 is 0 Å². The highest BCUT2D eigenvalue weighted by atomic mass is 35.5. The van der Waals surface area contributed by atoms with Crippen molar-refractivity contribution < 1.29 is 9.53 Å². The lowest BCUT2D eigenvalue weighted by Gasteiger charge is -2.14. The number of benzene rings is 1. The maximum absolute atomic E-state index is 12.6. The Hall–Kier alpha value is -2.53. The third-order valence-electron chi connectivity index (χ3n) is 5.19. The summed E-state index contributed by atoms with van der Waals surface area (Å²) in [5.41, 5.74) is 3.23. The van der Waals surface area contributed by atoms with Crippen LogP contribution in [0.2, 0.25) is 5.02 Å². The lowest BCUT2D eigenvalue weighted by Crippen LogP contribution is -2.23. The van der Waals surface area contributed by atoms with Crippen LogP contribution in [0.25, 0.3) is 5.57 Å². The van der Waals surface area contributed by atoms with Crippen molar-refractivity contribution in [1.82, 2.24) is 10.3 Å². The van der Waals surface area contributed by atoms with Gasteiger partial charge in [0.15, 0.2) is 0 Å². The van der Waals surface area contributed by atoms with Crippen LogP contribution < -0.4 is 15.6 Å². The van der Waals surface area contributed by atoms with E-state index in [1.54, 1.807) is 0 Å². The number of carbonyl (C=O) groups excluding carboxylic acids is 1. The summed E-state index contributed by atoms with van der Waals surface area (Å²) in [5, 5.41) is 3.47. The molecule has 146 valence electrons. The van der Waals surface area contributed by atoms with Crippen LogP contribution in [0, 0.1) is 0 Å². The van der Waals surface area contributed by atoms with Crippen LogP contribution in [0.1, 0.15) is 55.3 Å². The SMILES string of the molecule is CCOc1ccc(/C(=C/[C@H]2CCC(=O)N2)c2ccc(C3CC3)c(=O)[nH]2)cc1Cl. The molecule has 1 aliphatic heterocycles. The van der Waals surface area contributed by atoms with Crippen LogP contribution in [0.4, 0.5) is 0 Å². The summed E-state index contributed by atoms with van der Waals surface area (Å²) >= 11 is 6.39. The monoisotopic (exact) mass is 398 g/mol. The maximum Gasteiger partial charge on any atom is 0.251 e. The standard InChI is InChI=1S/C22H23ClN2O3/c1-2-28-20-9-5-14(11-18(20)23)17(12-15-6-10-21(26)24-15)19-8-7-16(13-3-4-13)22(27)25-19/h5,7-9,11-13,15H,2-4,6,10H2,1H3,(H,24,26)(H,25,27)/b17-12-/t15-/m1/s1. The Balaban J connectivity index is 1.75. The highest BCUT2D eigenvalue weighted by molar-refractivity contribution is 6.32. The Labute approximate surface area is 168 Å². The number of nitrogens with one attached hydrogen (secondary N) is 2. The first-order chi connectivity index (χ1) is 13.5. The number of pyridine rings is 1. The van der Waals surface area contributed by atoms with Crippen LogP contribution >= 0.6 is 11.6 Å². The Bertz CT molecular complexity index is 992. The van der Waals surface area contributed by atoms with Crippen LogP contribution in [0.15, 0.2) is 41.2 Å². The molecule has 0 bridgehead atoms. The van der Waals surface area contributed by atoms with E-state index >= 15 is 0 Å². The number of aromatic amines is 1. The summed E-state index contributed by atoms with van der Waals surface area (Å²) in [6.07, 6.45) is 5.40. The van der Waals surface area contributed by atoms with Gasteiger partial charge in [-0.1, -0.05) is 29.8 Å². The van der Waals surface area contributed by atoms with Gasteiger partial charge in [-0.05, 0) is 55.9 Å². The van der Waals surface area contributed by atoms with Crippen LogP contribution in [0.5, 0.6) is 5.75 Å². The van der Waals surface area contributed by atoms with Crippen molar-refractivity contribution in [2.24, 2.45) is 0 Å². The second kappa shape index (κ2) is 7.84. The molecule has 0 spiro atoms. The number of ether oxygens (including phenoxy) is 1. The van der Waals surface area contributed by atoms with Gasteiger partial charge in [0, 0.05) is 29.3 Å². The molecule has 1 saturated carbocycles. The summed E-state index contributed by atoms with van der Waals surface area (Å²) in [7, 11) is 0. The van der Waals surface area contributed by atoms with Crippen molar-refractivity contribution in [3.8, 4) is 5.75 Å². The van der Waals surface area contributed by atoms with E-state index < -0.39 is 0 Å². The largest absolute Gasteiger partial charge is 0.492 e. The van der Waals surface area contributed by atoms with E-state index in [-0.39, 0.29) is 17.5 Å². The molecule has 1 aromatic carbocycles. The van der Waals surface area contributed by atoms with Gasteiger partial charge in [-0.3, -0.25) is 9.59 Å². The number of amides is 1. The lowest BCUT2D eigenvalue weighted by atomic mass is 9.98. The molecular formula is C22H23ClN2O3. The Morgan fingerprint density at radius 2 is 2.04 bits per heavy atom. The molecule has 0 unspecified atom stereocenters. The van der Waals surface area contributed by atoms with E-state index in [0.717, 1.165) is 41.7 Å². The normalized spacial score (nSPS) is 19.6. The molecule has 0 radical (unpaired) electrons. The number of halogens is 1. The van der Waals surface area contributed by atoms with Gasteiger partial charge in [0.05, 0.1) is 11.6 Å². The molecular weight excluding hydrogens is 376 g/mol. The average molecular weight is 399 g/mol. The molecule has 1 aliphatic carbocycles. The average Bonchev–Trinajstić information content (AvgIpc) is 3.43. The van der Waals surface area contributed by atoms with E-state index in [0.29, 0.717) is 29.7 Å². The van der Waals surface area contributed by atoms with Gasteiger partial charge in [0.2, 0.25) is 5.91 Å². The molecule has 28 heavy (non-hydrogen) atoms. The fraction of sp³-hybridized carbons (Fsp3) is 0.364. The molecule has 1 aromatic heterocycles. The zero-order valence-electron chi connectivity index (χ0n) is 15.8. The second-order valence-electron chi connectivity index (χ2n) is 7.30. The molecule has 6 heteroatoms. The fourth-order valence-electron chi connectivity index (χ4n) is 3.60. The van der Waals surface area contributed by atoms with Crippen molar-refractivity contribution in [2.45, 2.75) is 44.6 Å². The Morgan fingerprint density at radius 1 is 1.21 bits per heavy atom. The van der Waals surface area contributed by atoms with Crippen molar-refractivity contribution in [2.75, 3.05) is 6.61 Å². The highest BCUT2D eigenvalue weighted by Gasteiger charge is 2.26. The molecule has 4 rings (SSSR count). The van der Waals surface area contributed by atoms with E-state index in [1.165, 1.54) is 0 Å². The smallest absolute Gasteiger partial charge is 0.251 e. The van der Waals surface area contributed by atoms with Gasteiger partial charge in [0.1, 0.15) is 5.75 Å². The molecule has 1 amide bonds. The van der Waals surface area contributed by atoms with Gasteiger partial charge in [-0.2, -0.15) is 0 Å². The number of hydrogen-bond acceptors (Lipinski definition) is 3. The zero-order valence-corrected chi connectivity index (χ0v) is 16.5. The summed E-state index contributed by atoms with van der Waals surface area (Å²) in [6, 6.07) is 9.39. The number of rotatable bonds is 6. The minimum Gasteiger partial charge on any atom is -0.492 e. The second-order valence-corrected chi connectivity index (χ2v) is 7.71. The third-order valence-corrected chi connectivity index (χ3v) is 5.48. The van der Waals surface area contributed by atoms with Crippen molar-refractivity contribution >= 4 is 23.1 Å². The van der Waals surface area contributed by atoms with Gasteiger partial charge < -0.3 is 15.0 Å². The molecule has 2 N–H and O–H groups in total. The predicted molar refractivity (Wildman–Crippen MR) is 110 cm³/mol. The number of carbonyl (C=O) groups is 1. The van der Waals surface area contributed by atoms with Gasteiger partial charge in [0.25, 0.3) is 5.56 Å². The minimum atomic E-state index is -0.0699. The van der Waals surface area contributed by atoms with Crippen LogP contribution in [0.3, 0.4) is 0 Å². The number of hydrogen-bond donors (Lipinski definition) is 2. The van der Waals surface area contributed by atoms with Crippen LogP contribution in [-0.4, -0.2) is 23.5 Å². The van der Waals surface area contributed by atoms with Gasteiger partial charge in [-0.15, -0.1) is 0 Å². The van der Waals surface area contributed by atoms with Crippen molar-refractivity contribution in [3.63, 3.8) is 0 Å². The minimum absolute atomic E-state index is 0.0432. The predicted octanol–water partition coefficient (Wildman–Crippen LogP) is 4.01. The summed E-state index contributed by atoms with van der Waals surface area (Å²) in [5.74, 6) is 1.06.